The topological polar surface area (TPSA) is 45.8 Å². The molecule has 0 aliphatic heterocycles. The molecule has 1 aromatic rings. The number of benzene rings is 1. The van der Waals surface area contributed by atoms with Crippen molar-refractivity contribution in [2.45, 2.75) is 0 Å². The Balaban J connectivity index is 2.57. The summed E-state index contributed by atoms with van der Waals surface area (Å²) in [6.45, 7) is 0. The van der Waals surface area contributed by atoms with E-state index in [-0.39, 0.29) is 5.43 Å². The molecule has 0 saturated heterocycles. The van der Waals surface area contributed by atoms with Crippen LogP contribution in [-0.2, 0) is 0 Å². The number of nitrogens with zero attached hydrogens (tertiary/aromatic N) is 1. The molecule has 0 fully saturated rings. The van der Waals surface area contributed by atoms with E-state index < -0.39 is 0 Å². The Hall–Kier alpha value is -2.16. The highest BCUT2D eigenvalue weighted by atomic mass is 16.1. The third-order valence-corrected chi connectivity index (χ3v) is 2.52. The molecule has 0 atom stereocenters. The average molecular weight is 196 g/mol. The predicted octanol–water partition coefficient (Wildman–Crippen LogP) is 2.03. The molecule has 0 unspecified atom stereocenters. The van der Waals surface area contributed by atoms with Gasteiger partial charge in [0.15, 0.2) is 5.43 Å². The van der Waals surface area contributed by atoms with E-state index in [4.69, 9.17) is 0 Å². The summed E-state index contributed by atoms with van der Waals surface area (Å²) in [5, 5.41) is 7.95. The van der Waals surface area contributed by atoms with E-state index in [1.165, 1.54) is 0 Å². The fourth-order valence-electron chi connectivity index (χ4n) is 1.81. The lowest BCUT2D eigenvalue weighted by molar-refractivity contribution is 1.12. The van der Waals surface area contributed by atoms with E-state index >= 15 is 0 Å². The standard InChI is InChI=1S/C12H8N2O/c15-9-4-5-10-8(6-9)2-1-3-12-11(10)7-13-14-12/h1-7,14H. The maximum Gasteiger partial charge on any atom is 0.179 e. The number of H-pyrrole nitrogens is 1. The van der Waals surface area contributed by atoms with Crippen LogP contribution >= 0.6 is 0 Å². The number of aromatic amines is 1. The third kappa shape index (κ3) is 1.21. The molecule has 3 rings (SSSR count). The zero-order valence-electron chi connectivity index (χ0n) is 7.90. The molecule has 0 amide bonds. The minimum Gasteiger partial charge on any atom is -0.290 e. The number of aromatic nitrogens is 2. The zero-order valence-corrected chi connectivity index (χ0v) is 7.90. The van der Waals surface area contributed by atoms with Gasteiger partial charge in [0.25, 0.3) is 0 Å². The van der Waals surface area contributed by atoms with Crippen LogP contribution in [0, 0.1) is 0 Å². The highest BCUT2D eigenvalue weighted by molar-refractivity contribution is 5.93. The normalized spacial score (nSPS) is 10.9. The first kappa shape index (κ1) is 8.17. The van der Waals surface area contributed by atoms with Crippen molar-refractivity contribution in [1.29, 1.82) is 0 Å². The minimum atomic E-state index is 0.0327. The molecule has 2 aliphatic rings. The maximum atomic E-state index is 11.2. The number of rotatable bonds is 0. The average Bonchev–Trinajstić information content (AvgIpc) is 2.61. The summed E-state index contributed by atoms with van der Waals surface area (Å²) in [6, 6.07) is 10.9. The van der Waals surface area contributed by atoms with Crippen LogP contribution in [0.4, 0.5) is 0 Å². The Bertz CT molecular complexity index is 657. The quantitative estimate of drug-likeness (QED) is 0.598. The first-order chi connectivity index (χ1) is 7.34. The highest BCUT2D eigenvalue weighted by Crippen LogP contribution is 2.26. The predicted molar refractivity (Wildman–Crippen MR) is 59.0 cm³/mol. The summed E-state index contributed by atoms with van der Waals surface area (Å²) >= 11 is 0. The second-order valence-corrected chi connectivity index (χ2v) is 3.47. The molecule has 1 heterocycles. The third-order valence-electron chi connectivity index (χ3n) is 2.52. The molecule has 15 heavy (non-hydrogen) atoms. The lowest BCUT2D eigenvalue weighted by Gasteiger charge is -1.98. The van der Waals surface area contributed by atoms with Crippen molar-refractivity contribution in [2.24, 2.45) is 0 Å². The zero-order chi connectivity index (χ0) is 10.3. The van der Waals surface area contributed by atoms with Gasteiger partial charge in [-0.3, -0.25) is 9.89 Å². The van der Waals surface area contributed by atoms with Crippen LogP contribution < -0.4 is 5.43 Å². The van der Waals surface area contributed by atoms with E-state index in [0.29, 0.717) is 0 Å². The summed E-state index contributed by atoms with van der Waals surface area (Å²) in [6.07, 6.45) is 1.78. The summed E-state index contributed by atoms with van der Waals surface area (Å²) < 4.78 is 0. The molecule has 0 saturated carbocycles. The van der Waals surface area contributed by atoms with Crippen LogP contribution in [0.2, 0.25) is 0 Å². The van der Waals surface area contributed by atoms with Crippen molar-refractivity contribution >= 4 is 10.9 Å². The number of fused-ring (bicyclic) bond motifs is 3. The Morgan fingerprint density at radius 2 is 2.07 bits per heavy atom. The first-order valence-corrected chi connectivity index (χ1v) is 4.71. The number of hydrogen-bond donors (Lipinski definition) is 1. The van der Waals surface area contributed by atoms with E-state index in [2.05, 4.69) is 10.2 Å². The van der Waals surface area contributed by atoms with Gasteiger partial charge in [0.05, 0.1) is 11.7 Å². The number of hydrogen-bond acceptors (Lipinski definition) is 2. The Morgan fingerprint density at radius 3 is 3.00 bits per heavy atom. The SMILES string of the molecule is O=c1ccc2c3cn[nH]c3cccc-2c1. The van der Waals surface area contributed by atoms with Crippen molar-refractivity contribution in [3.8, 4) is 11.1 Å². The van der Waals surface area contributed by atoms with Crippen LogP contribution in [0.15, 0.2) is 47.4 Å². The largest absolute Gasteiger partial charge is 0.290 e. The maximum absolute atomic E-state index is 11.2. The summed E-state index contributed by atoms with van der Waals surface area (Å²) in [5.74, 6) is 0. The van der Waals surface area contributed by atoms with E-state index in [9.17, 15) is 4.79 Å². The van der Waals surface area contributed by atoms with Gasteiger partial charge in [0.1, 0.15) is 0 Å². The van der Waals surface area contributed by atoms with E-state index in [0.717, 1.165) is 22.0 Å². The molecular weight excluding hydrogens is 188 g/mol. The second-order valence-electron chi connectivity index (χ2n) is 3.47. The molecule has 1 N–H and O–H groups in total. The molecule has 3 nitrogen and oxygen atoms in total. The molecule has 72 valence electrons. The van der Waals surface area contributed by atoms with Crippen LogP contribution in [-0.4, -0.2) is 10.2 Å². The van der Waals surface area contributed by atoms with Gasteiger partial charge in [0, 0.05) is 5.39 Å². The Labute approximate surface area is 85.7 Å². The van der Waals surface area contributed by atoms with E-state index in [1.807, 2.05) is 24.3 Å². The monoisotopic (exact) mass is 196 g/mol. The fourth-order valence-corrected chi connectivity index (χ4v) is 1.81. The molecule has 0 aromatic carbocycles. The van der Waals surface area contributed by atoms with Crippen molar-refractivity contribution in [1.82, 2.24) is 10.2 Å². The molecule has 3 heteroatoms. The molecule has 2 aliphatic carbocycles. The molecular formula is C12H8N2O. The summed E-state index contributed by atoms with van der Waals surface area (Å²) in [4.78, 5) is 11.2. The second kappa shape index (κ2) is 2.92. The molecule has 0 bridgehead atoms. The van der Waals surface area contributed by atoms with Gasteiger partial charge in [-0.25, -0.2) is 0 Å². The molecule has 1 aromatic heterocycles. The summed E-state index contributed by atoms with van der Waals surface area (Å²) in [5.41, 5.74) is 3.00. The lowest BCUT2D eigenvalue weighted by Crippen LogP contribution is -1.96. The van der Waals surface area contributed by atoms with Gasteiger partial charge in [-0.1, -0.05) is 12.1 Å². The van der Waals surface area contributed by atoms with Crippen molar-refractivity contribution in [3.63, 3.8) is 0 Å². The van der Waals surface area contributed by atoms with Crippen molar-refractivity contribution in [2.75, 3.05) is 0 Å². The molecule has 0 radical (unpaired) electrons. The van der Waals surface area contributed by atoms with Crippen LogP contribution in [0.25, 0.3) is 22.0 Å². The van der Waals surface area contributed by atoms with Crippen LogP contribution in [0.3, 0.4) is 0 Å². The van der Waals surface area contributed by atoms with Gasteiger partial charge in [-0.05, 0) is 35.4 Å². The Morgan fingerprint density at radius 1 is 1.13 bits per heavy atom. The highest BCUT2D eigenvalue weighted by Gasteiger charge is 2.05. The van der Waals surface area contributed by atoms with Crippen molar-refractivity contribution < 1.29 is 0 Å². The number of nitrogens with one attached hydrogen (secondary N) is 1. The first-order valence-electron chi connectivity index (χ1n) is 4.71. The van der Waals surface area contributed by atoms with Gasteiger partial charge in [-0.15, -0.1) is 0 Å². The van der Waals surface area contributed by atoms with Gasteiger partial charge >= 0.3 is 0 Å². The Kier molecular flexibility index (Phi) is 1.59. The van der Waals surface area contributed by atoms with Gasteiger partial charge in [0.2, 0.25) is 0 Å². The van der Waals surface area contributed by atoms with Gasteiger partial charge in [-0.2, -0.15) is 5.10 Å². The van der Waals surface area contributed by atoms with Gasteiger partial charge < -0.3 is 0 Å². The van der Waals surface area contributed by atoms with Crippen molar-refractivity contribution in [3.05, 3.63) is 52.8 Å². The van der Waals surface area contributed by atoms with Crippen LogP contribution in [0.1, 0.15) is 0 Å². The lowest BCUT2D eigenvalue weighted by atomic mass is 10.0. The summed E-state index contributed by atoms with van der Waals surface area (Å²) in [7, 11) is 0. The fraction of sp³-hybridized carbons (Fsp3) is 0. The van der Waals surface area contributed by atoms with Crippen LogP contribution in [0.5, 0.6) is 0 Å². The minimum absolute atomic E-state index is 0.0327. The van der Waals surface area contributed by atoms with E-state index in [1.54, 1.807) is 18.3 Å². The molecule has 0 spiro atoms. The smallest absolute Gasteiger partial charge is 0.179 e.